The van der Waals surface area contributed by atoms with Crippen LogP contribution in [-0.4, -0.2) is 9.55 Å². The fraction of sp³-hybridized carbons (Fsp3) is 0.0667. The first kappa shape index (κ1) is 11.3. The number of para-hydroxylation sites is 2. The van der Waals surface area contributed by atoms with E-state index in [1.54, 1.807) is 12.1 Å². The van der Waals surface area contributed by atoms with E-state index in [9.17, 15) is 0 Å². The fourth-order valence-electron chi connectivity index (χ4n) is 2.05. The molecule has 0 spiro atoms. The third-order valence-corrected chi connectivity index (χ3v) is 3.03. The van der Waals surface area contributed by atoms with Crippen LogP contribution in [0.25, 0.3) is 11.0 Å². The van der Waals surface area contributed by atoms with Gasteiger partial charge in [0.25, 0.3) is 0 Å². The van der Waals surface area contributed by atoms with Crippen molar-refractivity contribution in [3.63, 3.8) is 0 Å². The Bertz CT molecular complexity index is 780. The van der Waals surface area contributed by atoms with E-state index in [-0.39, 0.29) is 0 Å². The number of aromatic nitrogens is 2. The van der Waals surface area contributed by atoms with Gasteiger partial charge in [-0.05, 0) is 30.3 Å². The SMILES string of the molecule is Cn1c(Nc2cccc(C#N)c2)nc2ccccc21. The van der Waals surface area contributed by atoms with Gasteiger partial charge < -0.3 is 9.88 Å². The number of nitrogens with zero attached hydrogens (tertiary/aromatic N) is 3. The number of nitrogens with one attached hydrogen (secondary N) is 1. The number of aryl methyl sites for hydroxylation is 1. The van der Waals surface area contributed by atoms with Crippen molar-refractivity contribution in [2.24, 2.45) is 7.05 Å². The number of hydrogen-bond donors (Lipinski definition) is 1. The molecule has 3 rings (SSSR count). The van der Waals surface area contributed by atoms with Crippen LogP contribution in [0.1, 0.15) is 5.56 Å². The van der Waals surface area contributed by atoms with E-state index in [2.05, 4.69) is 16.4 Å². The summed E-state index contributed by atoms with van der Waals surface area (Å²) in [7, 11) is 1.96. The van der Waals surface area contributed by atoms with Gasteiger partial charge in [0.15, 0.2) is 0 Å². The average molecular weight is 248 g/mol. The summed E-state index contributed by atoms with van der Waals surface area (Å²) < 4.78 is 1.99. The lowest BCUT2D eigenvalue weighted by atomic mass is 10.2. The van der Waals surface area contributed by atoms with E-state index in [1.165, 1.54) is 0 Å². The molecule has 0 aliphatic rings. The summed E-state index contributed by atoms with van der Waals surface area (Å²) in [6, 6.07) is 17.4. The van der Waals surface area contributed by atoms with Gasteiger partial charge in [-0.3, -0.25) is 0 Å². The molecule has 2 aromatic carbocycles. The van der Waals surface area contributed by atoms with Crippen LogP contribution in [0.15, 0.2) is 48.5 Å². The van der Waals surface area contributed by atoms with Crippen molar-refractivity contribution < 1.29 is 0 Å². The zero-order valence-electron chi connectivity index (χ0n) is 10.5. The van der Waals surface area contributed by atoms with Crippen LogP contribution in [0.2, 0.25) is 0 Å². The van der Waals surface area contributed by atoms with E-state index >= 15 is 0 Å². The third kappa shape index (κ3) is 2.02. The lowest BCUT2D eigenvalue weighted by Gasteiger charge is -2.06. The fourth-order valence-corrected chi connectivity index (χ4v) is 2.05. The maximum atomic E-state index is 8.90. The Labute approximate surface area is 110 Å². The first-order valence-corrected chi connectivity index (χ1v) is 5.96. The summed E-state index contributed by atoms with van der Waals surface area (Å²) in [4.78, 5) is 4.53. The zero-order valence-corrected chi connectivity index (χ0v) is 10.5. The van der Waals surface area contributed by atoms with Gasteiger partial charge in [-0.25, -0.2) is 4.98 Å². The van der Waals surface area contributed by atoms with Crippen molar-refractivity contribution in [3.05, 3.63) is 54.1 Å². The van der Waals surface area contributed by atoms with E-state index in [0.717, 1.165) is 22.7 Å². The maximum Gasteiger partial charge on any atom is 0.208 e. The van der Waals surface area contributed by atoms with Gasteiger partial charge in [0.2, 0.25) is 5.95 Å². The molecule has 1 aromatic heterocycles. The molecule has 0 amide bonds. The molecule has 4 nitrogen and oxygen atoms in total. The highest BCUT2D eigenvalue weighted by atomic mass is 15.2. The lowest BCUT2D eigenvalue weighted by molar-refractivity contribution is 0.958. The maximum absolute atomic E-state index is 8.90. The van der Waals surface area contributed by atoms with Gasteiger partial charge in [0.05, 0.1) is 22.7 Å². The zero-order chi connectivity index (χ0) is 13.2. The van der Waals surface area contributed by atoms with Crippen LogP contribution in [0, 0.1) is 11.3 Å². The van der Waals surface area contributed by atoms with Gasteiger partial charge in [-0.15, -0.1) is 0 Å². The highest BCUT2D eigenvalue weighted by Gasteiger charge is 2.07. The molecular formula is C15H12N4. The van der Waals surface area contributed by atoms with Gasteiger partial charge in [0.1, 0.15) is 0 Å². The van der Waals surface area contributed by atoms with Crippen molar-refractivity contribution in [3.8, 4) is 6.07 Å². The molecule has 4 heteroatoms. The first-order chi connectivity index (χ1) is 9.28. The van der Waals surface area contributed by atoms with E-state index in [1.807, 2.05) is 48.0 Å². The molecule has 0 atom stereocenters. The van der Waals surface area contributed by atoms with Crippen LogP contribution in [0.5, 0.6) is 0 Å². The van der Waals surface area contributed by atoms with E-state index in [4.69, 9.17) is 5.26 Å². The second-order valence-electron chi connectivity index (χ2n) is 4.30. The van der Waals surface area contributed by atoms with Gasteiger partial charge in [-0.2, -0.15) is 5.26 Å². The summed E-state index contributed by atoms with van der Waals surface area (Å²) in [5, 5.41) is 12.1. The van der Waals surface area contributed by atoms with Crippen LogP contribution in [-0.2, 0) is 7.05 Å². The molecular weight excluding hydrogens is 236 g/mol. The molecule has 0 aliphatic heterocycles. The topological polar surface area (TPSA) is 53.6 Å². The van der Waals surface area contributed by atoms with Crippen molar-refractivity contribution >= 4 is 22.7 Å². The molecule has 92 valence electrons. The average Bonchev–Trinajstić information content (AvgIpc) is 2.76. The largest absolute Gasteiger partial charge is 0.326 e. The molecule has 0 aliphatic carbocycles. The number of anilines is 2. The Balaban J connectivity index is 2.01. The minimum absolute atomic E-state index is 0.628. The van der Waals surface area contributed by atoms with E-state index < -0.39 is 0 Å². The molecule has 3 aromatic rings. The second kappa shape index (κ2) is 4.46. The van der Waals surface area contributed by atoms with Crippen LogP contribution in [0.4, 0.5) is 11.6 Å². The van der Waals surface area contributed by atoms with E-state index in [0.29, 0.717) is 5.56 Å². The number of imidazole rings is 1. The molecule has 19 heavy (non-hydrogen) atoms. The molecule has 1 heterocycles. The van der Waals surface area contributed by atoms with Crippen molar-refractivity contribution in [2.45, 2.75) is 0 Å². The highest BCUT2D eigenvalue weighted by molar-refractivity contribution is 5.79. The minimum atomic E-state index is 0.628. The number of benzene rings is 2. The summed E-state index contributed by atoms with van der Waals surface area (Å²) in [5.74, 6) is 0.760. The number of rotatable bonds is 2. The molecule has 0 bridgehead atoms. The monoisotopic (exact) mass is 248 g/mol. The number of nitriles is 1. The third-order valence-electron chi connectivity index (χ3n) is 3.03. The van der Waals surface area contributed by atoms with Gasteiger partial charge in [-0.1, -0.05) is 18.2 Å². The van der Waals surface area contributed by atoms with Gasteiger partial charge >= 0.3 is 0 Å². The van der Waals surface area contributed by atoms with Crippen LogP contribution in [0.3, 0.4) is 0 Å². The highest BCUT2D eigenvalue weighted by Crippen LogP contribution is 2.21. The molecule has 0 saturated carbocycles. The summed E-state index contributed by atoms with van der Waals surface area (Å²) in [6.07, 6.45) is 0. The smallest absolute Gasteiger partial charge is 0.208 e. The summed E-state index contributed by atoms with van der Waals surface area (Å²) >= 11 is 0. The van der Waals surface area contributed by atoms with Crippen molar-refractivity contribution in [1.29, 1.82) is 5.26 Å². The molecule has 1 N–H and O–H groups in total. The second-order valence-corrected chi connectivity index (χ2v) is 4.30. The Morgan fingerprint density at radius 3 is 2.79 bits per heavy atom. The summed E-state index contributed by atoms with van der Waals surface area (Å²) in [6.45, 7) is 0. The first-order valence-electron chi connectivity index (χ1n) is 5.96. The molecule has 0 radical (unpaired) electrons. The molecule has 0 unspecified atom stereocenters. The van der Waals surface area contributed by atoms with Crippen LogP contribution < -0.4 is 5.32 Å². The van der Waals surface area contributed by atoms with Crippen molar-refractivity contribution in [1.82, 2.24) is 9.55 Å². The molecule has 0 fully saturated rings. The van der Waals surface area contributed by atoms with Crippen LogP contribution >= 0.6 is 0 Å². The predicted molar refractivity (Wildman–Crippen MR) is 75.2 cm³/mol. The van der Waals surface area contributed by atoms with Crippen molar-refractivity contribution in [2.75, 3.05) is 5.32 Å². The Morgan fingerprint density at radius 1 is 1.16 bits per heavy atom. The van der Waals surface area contributed by atoms with Gasteiger partial charge in [0, 0.05) is 12.7 Å². The Kier molecular flexibility index (Phi) is 2.66. The minimum Gasteiger partial charge on any atom is -0.326 e. The normalized spacial score (nSPS) is 10.3. The standard InChI is InChI=1S/C15H12N4/c1-19-14-8-3-2-7-13(14)18-15(19)17-12-6-4-5-11(9-12)10-16/h2-9H,1H3,(H,17,18). The number of hydrogen-bond acceptors (Lipinski definition) is 3. The lowest BCUT2D eigenvalue weighted by Crippen LogP contribution is -1.99. The number of fused-ring (bicyclic) bond motifs is 1. The summed E-state index contributed by atoms with van der Waals surface area (Å²) in [5.41, 5.74) is 3.51. The molecule has 0 saturated heterocycles. The predicted octanol–water partition coefficient (Wildman–Crippen LogP) is 3.19. The Morgan fingerprint density at radius 2 is 2.00 bits per heavy atom. The Hall–Kier alpha value is -2.80. The quantitative estimate of drug-likeness (QED) is 0.757.